The molecule has 0 atom stereocenters. The number of carbonyl (C=O) groups is 2. The van der Waals surface area contributed by atoms with Crippen molar-refractivity contribution in [2.45, 2.75) is 33.0 Å². The summed E-state index contributed by atoms with van der Waals surface area (Å²) in [5.41, 5.74) is -0.644. The van der Waals surface area contributed by atoms with E-state index in [2.05, 4.69) is 5.32 Å². The largest absolute Gasteiger partial charge is 0.487 e. The zero-order chi connectivity index (χ0) is 28.6. The van der Waals surface area contributed by atoms with Crippen LogP contribution in [0.3, 0.4) is 0 Å². The van der Waals surface area contributed by atoms with Gasteiger partial charge in [-0.05, 0) is 58.2 Å². The molecule has 1 aliphatic rings. The van der Waals surface area contributed by atoms with Gasteiger partial charge in [0.1, 0.15) is 41.3 Å². The van der Waals surface area contributed by atoms with Gasteiger partial charge in [0.25, 0.3) is 11.5 Å². The predicted molar refractivity (Wildman–Crippen MR) is 143 cm³/mol. The number of aryl methyl sites for hydroxylation is 1. The molecular weight excluding hydrogens is 534 g/mol. The lowest BCUT2D eigenvalue weighted by atomic mass is 10.1. The first-order chi connectivity index (χ1) is 18.3. The maximum absolute atomic E-state index is 14.0. The Labute approximate surface area is 228 Å². The van der Waals surface area contributed by atoms with E-state index in [9.17, 15) is 28.3 Å². The van der Waals surface area contributed by atoms with Crippen LogP contribution in [0.15, 0.2) is 47.3 Å². The normalized spacial score (nSPS) is 13.0. The van der Waals surface area contributed by atoms with Crippen LogP contribution in [0, 0.1) is 18.6 Å². The quantitative estimate of drug-likeness (QED) is 0.460. The summed E-state index contributed by atoms with van der Waals surface area (Å²) >= 11 is 6.34. The average Bonchev–Trinajstić information content (AvgIpc) is 3.24. The van der Waals surface area contributed by atoms with Crippen LogP contribution in [0.5, 0.6) is 5.75 Å². The number of pyridine rings is 1. The van der Waals surface area contributed by atoms with E-state index in [1.165, 1.54) is 40.3 Å². The van der Waals surface area contributed by atoms with Crippen molar-refractivity contribution in [1.29, 1.82) is 0 Å². The molecule has 12 heteroatoms. The number of nitrogens with zero attached hydrogens (tertiary/aromatic N) is 3. The van der Waals surface area contributed by atoms with E-state index >= 15 is 0 Å². The number of ether oxygens (including phenoxy) is 1. The Morgan fingerprint density at radius 2 is 1.82 bits per heavy atom. The van der Waals surface area contributed by atoms with Crippen LogP contribution in [0.1, 0.15) is 25.1 Å². The summed E-state index contributed by atoms with van der Waals surface area (Å²) in [5, 5.41) is 12.8. The summed E-state index contributed by atoms with van der Waals surface area (Å²) in [5.74, 6) is -2.40. The van der Waals surface area contributed by atoms with Crippen molar-refractivity contribution in [1.82, 2.24) is 9.88 Å². The number of rotatable bonds is 7. The Kier molecular flexibility index (Phi) is 7.78. The Hall–Kier alpha value is -3.80. The second-order valence-corrected chi connectivity index (χ2v) is 9.97. The zero-order valence-corrected chi connectivity index (χ0v) is 22.5. The number of carbonyl (C=O) groups excluding carboxylic acids is 2. The highest BCUT2D eigenvalue weighted by Gasteiger charge is 2.39. The standard InChI is InChI=1S/C27H27ClF2N4O5/c1-15-9-22(39-13-16-5-6-17(29)10-19(16)30)24(28)25(36)34(15)18-7-8-20-21(11-18)32(23(35)12-31-4)14-33(20)26(37)27(2,3)38/h5-11,31,38H,12-14H2,1-4H3. The third-order valence-corrected chi connectivity index (χ3v) is 6.53. The summed E-state index contributed by atoms with van der Waals surface area (Å²) in [4.78, 5) is 41.7. The molecule has 0 unspecified atom stereocenters. The first kappa shape index (κ1) is 28.2. The Bertz CT molecular complexity index is 1520. The fourth-order valence-electron chi connectivity index (χ4n) is 4.25. The van der Waals surface area contributed by atoms with Gasteiger partial charge in [-0.1, -0.05) is 11.6 Å². The summed E-state index contributed by atoms with van der Waals surface area (Å²) in [6.45, 7) is 3.98. The fourth-order valence-corrected chi connectivity index (χ4v) is 4.45. The maximum Gasteiger partial charge on any atom is 0.277 e. The molecule has 2 N–H and O–H groups in total. The predicted octanol–water partition coefficient (Wildman–Crippen LogP) is 3.28. The molecule has 0 fully saturated rings. The molecule has 2 aromatic carbocycles. The van der Waals surface area contributed by atoms with Crippen molar-refractivity contribution >= 4 is 34.8 Å². The van der Waals surface area contributed by atoms with Gasteiger partial charge in [0, 0.05) is 23.4 Å². The van der Waals surface area contributed by atoms with Gasteiger partial charge < -0.3 is 15.2 Å². The number of aromatic nitrogens is 1. The number of hydrogen-bond donors (Lipinski definition) is 2. The van der Waals surface area contributed by atoms with E-state index in [-0.39, 0.29) is 42.1 Å². The van der Waals surface area contributed by atoms with Gasteiger partial charge >= 0.3 is 0 Å². The molecule has 3 aromatic rings. The lowest BCUT2D eigenvalue weighted by Crippen LogP contribution is -2.48. The molecular formula is C27H27ClF2N4O5. The van der Waals surface area contributed by atoms with Gasteiger partial charge in [0.2, 0.25) is 5.91 Å². The van der Waals surface area contributed by atoms with Crippen LogP contribution in [0.4, 0.5) is 20.2 Å². The van der Waals surface area contributed by atoms with Gasteiger partial charge in [-0.15, -0.1) is 0 Å². The van der Waals surface area contributed by atoms with Crippen molar-refractivity contribution in [3.05, 3.63) is 80.7 Å². The highest BCUT2D eigenvalue weighted by Crippen LogP contribution is 2.39. The molecule has 0 spiro atoms. The number of amides is 2. The maximum atomic E-state index is 14.0. The van der Waals surface area contributed by atoms with E-state index in [4.69, 9.17) is 16.3 Å². The summed E-state index contributed by atoms with van der Waals surface area (Å²) < 4.78 is 34.1. The molecule has 0 saturated carbocycles. The minimum Gasteiger partial charge on any atom is -0.487 e. The monoisotopic (exact) mass is 560 g/mol. The van der Waals surface area contributed by atoms with Crippen LogP contribution >= 0.6 is 11.6 Å². The number of benzene rings is 2. The van der Waals surface area contributed by atoms with E-state index in [0.29, 0.717) is 22.8 Å². The lowest BCUT2D eigenvalue weighted by molar-refractivity contribution is -0.133. The van der Waals surface area contributed by atoms with E-state index < -0.39 is 28.7 Å². The van der Waals surface area contributed by atoms with Crippen LogP contribution < -0.4 is 25.4 Å². The third kappa shape index (κ3) is 5.51. The average molecular weight is 561 g/mol. The highest BCUT2D eigenvalue weighted by atomic mass is 35.5. The minimum absolute atomic E-state index is 0.000292. The van der Waals surface area contributed by atoms with Gasteiger partial charge in [0.15, 0.2) is 0 Å². The SMILES string of the molecule is CNCC(=O)N1CN(C(=O)C(C)(C)O)c2ccc(-n3c(C)cc(OCc4ccc(F)cc4F)c(Cl)c3=O)cc21. The number of likely N-dealkylation sites (N-methyl/N-ethyl adjacent to an activating group) is 1. The number of nitrogens with one attached hydrogen (secondary N) is 1. The molecule has 0 radical (unpaired) electrons. The number of anilines is 2. The van der Waals surface area contributed by atoms with Crippen molar-refractivity contribution in [2.75, 3.05) is 30.1 Å². The number of hydrogen-bond acceptors (Lipinski definition) is 6. The molecule has 4 rings (SSSR count). The molecule has 39 heavy (non-hydrogen) atoms. The van der Waals surface area contributed by atoms with Gasteiger partial charge in [0.05, 0.1) is 23.6 Å². The molecule has 206 valence electrons. The molecule has 0 bridgehead atoms. The molecule has 0 saturated heterocycles. The van der Waals surface area contributed by atoms with Crippen molar-refractivity contribution in [3.63, 3.8) is 0 Å². The van der Waals surface area contributed by atoms with E-state index in [0.717, 1.165) is 12.1 Å². The molecule has 1 aliphatic heterocycles. The van der Waals surface area contributed by atoms with Crippen molar-refractivity contribution in [3.8, 4) is 11.4 Å². The molecule has 9 nitrogen and oxygen atoms in total. The van der Waals surface area contributed by atoms with E-state index in [1.807, 2.05) is 0 Å². The fraction of sp³-hybridized carbons (Fsp3) is 0.296. The Morgan fingerprint density at radius 3 is 2.46 bits per heavy atom. The molecule has 0 aliphatic carbocycles. The smallest absolute Gasteiger partial charge is 0.277 e. The first-order valence-corrected chi connectivity index (χ1v) is 12.3. The molecule has 2 amide bonds. The number of aliphatic hydroxyl groups is 1. The highest BCUT2D eigenvalue weighted by molar-refractivity contribution is 6.31. The van der Waals surface area contributed by atoms with Crippen LogP contribution in [0.2, 0.25) is 5.02 Å². The number of halogens is 3. The van der Waals surface area contributed by atoms with Gasteiger partial charge in [-0.25, -0.2) is 8.78 Å². The van der Waals surface area contributed by atoms with Crippen molar-refractivity contribution in [2.24, 2.45) is 0 Å². The molecule has 2 heterocycles. The van der Waals surface area contributed by atoms with Crippen LogP contribution in [0.25, 0.3) is 5.69 Å². The third-order valence-electron chi connectivity index (χ3n) is 6.18. The zero-order valence-electron chi connectivity index (χ0n) is 21.7. The van der Waals surface area contributed by atoms with Gasteiger partial charge in [-0.2, -0.15) is 0 Å². The van der Waals surface area contributed by atoms with Crippen molar-refractivity contribution < 1.29 is 28.2 Å². The van der Waals surface area contributed by atoms with Crippen LogP contribution in [-0.4, -0.2) is 47.4 Å². The Morgan fingerprint density at radius 1 is 1.10 bits per heavy atom. The summed E-state index contributed by atoms with van der Waals surface area (Å²) in [6, 6.07) is 9.34. The lowest BCUT2D eigenvalue weighted by Gasteiger charge is -2.25. The van der Waals surface area contributed by atoms with Gasteiger partial charge in [-0.3, -0.25) is 28.8 Å². The first-order valence-electron chi connectivity index (χ1n) is 12.0. The summed E-state index contributed by atoms with van der Waals surface area (Å²) in [7, 11) is 1.62. The second kappa shape index (κ2) is 10.8. The topological polar surface area (TPSA) is 104 Å². The molecule has 1 aromatic heterocycles. The van der Waals surface area contributed by atoms with E-state index in [1.54, 1.807) is 32.2 Å². The minimum atomic E-state index is -1.67. The second-order valence-electron chi connectivity index (χ2n) is 9.59. The van der Waals surface area contributed by atoms with Crippen LogP contribution in [-0.2, 0) is 16.2 Å². The Balaban J connectivity index is 1.72. The summed E-state index contributed by atoms with van der Waals surface area (Å²) in [6.07, 6.45) is 0. The number of fused-ring (bicyclic) bond motifs is 1.